The van der Waals surface area contributed by atoms with Crippen LogP contribution in [0.5, 0.6) is 0 Å². The van der Waals surface area contributed by atoms with Crippen molar-refractivity contribution >= 4 is 5.91 Å². The number of nitrogens with zero attached hydrogens (tertiary/aromatic N) is 2. The Kier molecular flexibility index (Phi) is 3.04. The Morgan fingerprint density at radius 2 is 2.44 bits per heavy atom. The zero-order valence-electron chi connectivity index (χ0n) is 9.52. The molecule has 1 amide bonds. The van der Waals surface area contributed by atoms with Crippen LogP contribution >= 0.6 is 0 Å². The number of hydrogen-bond acceptors (Lipinski definition) is 2. The van der Waals surface area contributed by atoms with Crippen LogP contribution in [0.25, 0.3) is 0 Å². The van der Waals surface area contributed by atoms with Crippen LogP contribution in [-0.2, 0) is 11.3 Å². The zero-order valence-corrected chi connectivity index (χ0v) is 9.52. The highest BCUT2D eigenvalue weighted by Crippen LogP contribution is 2.20. The van der Waals surface area contributed by atoms with Crippen LogP contribution in [0.2, 0.25) is 0 Å². The standard InChI is InChI=1S/C13H16N2O/c1-3-11-6-13(16)15(8-11)9-12-5-4-10(2)7-14-12/h3-5,7,11H,1,6,8-9H2,2H3. The average Bonchev–Trinajstić information content (AvgIpc) is 2.63. The Morgan fingerprint density at radius 3 is 3.00 bits per heavy atom. The maximum atomic E-state index is 11.7. The van der Waals surface area contributed by atoms with Gasteiger partial charge < -0.3 is 4.90 Å². The molecule has 1 fully saturated rings. The van der Waals surface area contributed by atoms with Crippen molar-refractivity contribution in [3.8, 4) is 0 Å². The van der Waals surface area contributed by atoms with Gasteiger partial charge in [0.1, 0.15) is 0 Å². The second-order valence-corrected chi connectivity index (χ2v) is 4.30. The highest BCUT2D eigenvalue weighted by atomic mass is 16.2. The van der Waals surface area contributed by atoms with Gasteiger partial charge in [0.15, 0.2) is 0 Å². The van der Waals surface area contributed by atoms with Crippen molar-refractivity contribution < 1.29 is 4.79 Å². The Labute approximate surface area is 95.8 Å². The highest BCUT2D eigenvalue weighted by molar-refractivity contribution is 5.78. The molecule has 3 nitrogen and oxygen atoms in total. The summed E-state index contributed by atoms with van der Waals surface area (Å²) in [5, 5.41) is 0. The van der Waals surface area contributed by atoms with Gasteiger partial charge in [-0.1, -0.05) is 12.1 Å². The van der Waals surface area contributed by atoms with Gasteiger partial charge in [-0.05, 0) is 18.6 Å². The van der Waals surface area contributed by atoms with E-state index in [-0.39, 0.29) is 5.91 Å². The third-order valence-corrected chi connectivity index (χ3v) is 2.90. The summed E-state index contributed by atoms with van der Waals surface area (Å²) in [5.74, 6) is 0.505. The Morgan fingerprint density at radius 1 is 1.62 bits per heavy atom. The van der Waals surface area contributed by atoms with Crippen LogP contribution in [-0.4, -0.2) is 22.3 Å². The molecule has 3 heteroatoms. The number of aromatic nitrogens is 1. The van der Waals surface area contributed by atoms with Crippen LogP contribution in [0.15, 0.2) is 31.0 Å². The van der Waals surface area contributed by atoms with Gasteiger partial charge in [0.05, 0.1) is 12.2 Å². The van der Waals surface area contributed by atoms with Crippen LogP contribution in [0.1, 0.15) is 17.7 Å². The van der Waals surface area contributed by atoms with Crippen molar-refractivity contribution in [2.24, 2.45) is 5.92 Å². The molecular formula is C13H16N2O. The second kappa shape index (κ2) is 4.47. The van der Waals surface area contributed by atoms with Gasteiger partial charge in [0, 0.05) is 25.1 Å². The van der Waals surface area contributed by atoms with E-state index < -0.39 is 0 Å². The van der Waals surface area contributed by atoms with E-state index in [1.165, 1.54) is 0 Å². The smallest absolute Gasteiger partial charge is 0.223 e. The summed E-state index contributed by atoms with van der Waals surface area (Å²) in [6.07, 6.45) is 4.29. The highest BCUT2D eigenvalue weighted by Gasteiger charge is 2.27. The van der Waals surface area contributed by atoms with Crippen molar-refractivity contribution in [1.29, 1.82) is 0 Å². The first-order valence-electron chi connectivity index (χ1n) is 5.51. The lowest BCUT2D eigenvalue weighted by atomic mass is 10.1. The maximum absolute atomic E-state index is 11.7. The first-order chi connectivity index (χ1) is 7.69. The number of aryl methyl sites for hydroxylation is 1. The Hall–Kier alpha value is -1.64. The summed E-state index contributed by atoms with van der Waals surface area (Å²) < 4.78 is 0. The summed E-state index contributed by atoms with van der Waals surface area (Å²) in [6.45, 7) is 7.13. The van der Waals surface area contributed by atoms with E-state index in [1.54, 1.807) is 0 Å². The van der Waals surface area contributed by atoms with E-state index in [0.717, 1.165) is 17.8 Å². The van der Waals surface area contributed by atoms with Gasteiger partial charge in [-0.2, -0.15) is 0 Å². The maximum Gasteiger partial charge on any atom is 0.223 e. The summed E-state index contributed by atoms with van der Waals surface area (Å²) in [7, 11) is 0. The quantitative estimate of drug-likeness (QED) is 0.723. The van der Waals surface area contributed by atoms with Gasteiger partial charge in [0.25, 0.3) is 0 Å². The van der Waals surface area contributed by atoms with E-state index in [9.17, 15) is 4.79 Å². The van der Waals surface area contributed by atoms with Gasteiger partial charge >= 0.3 is 0 Å². The molecule has 1 saturated heterocycles. The molecule has 16 heavy (non-hydrogen) atoms. The fourth-order valence-corrected chi connectivity index (χ4v) is 1.90. The third kappa shape index (κ3) is 2.30. The summed E-state index contributed by atoms with van der Waals surface area (Å²) in [6, 6.07) is 4.00. The number of amides is 1. The predicted molar refractivity (Wildman–Crippen MR) is 62.7 cm³/mol. The summed E-state index contributed by atoms with van der Waals surface area (Å²) >= 11 is 0. The molecule has 1 aliphatic rings. The molecule has 2 rings (SSSR count). The average molecular weight is 216 g/mol. The van der Waals surface area contributed by atoms with Crippen molar-refractivity contribution in [2.75, 3.05) is 6.54 Å². The monoisotopic (exact) mass is 216 g/mol. The van der Waals surface area contributed by atoms with Crippen LogP contribution in [0.3, 0.4) is 0 Å². The van der Waals surface area contributed by atoms with Gasteiger partial charge in [-0.3, -0.25) is 9.78 Å². The molecule has 0 N–H and O–H groups in total. The molecule has 84 valence electrons. The minimum atomic E-state index is 0.201. The van der Waals surface area contributed by atoms with Gasteiger partial charge in [0.2, 0.25) is 5.91 Å². The van der Waals surface area contributed by atoms with E-state index in [1.807, 2.05) is 36.2 Å². The molecule has 1 aromatic rings. The molecule has 2 heterocycles. The number of carbonyl (C=O) groups excluding carboxylic acids is 1. The Bertz CT molecular complexity index is 397. The summed E-state index contributed by atoms with van der Waals surface area (Å²) in [4.78, 5) is 17.8. The van der Waals surface area contributed by atoms with E-state index >= 15 is 0 Å². The number of hydrogen-bond donors (Lipinski definition) is 0. The molecule has 1 unspecified atom stereocenters. The number of pyridine rings is 1. The van der Waals surface area contributed by atoms with Crippen molar-refractivity contribution in [2.45, 2.75) is 19.9 Å². The molecule has 1 atom stereocenters. The lowest BCUT2D eigenvalue weighted by Gasteiger charge is -2.15. The predicted octanol–water partition coefficient (Wildman–Crippen LogP) is 1.92. The van der Waals surface area contributed by atoms with Crippen molar-refractivity contribution in [3.05, 3.63) is 42.2 Å². The zero-order chi connectivity index (χ0) is 11.5. The summed E-state index contributed by atoms with van der Waals surface area (Å²) in [5.41, 5.74) is 2.09. The topological polar surface area (TPSA) is 33.2 Å². The third-order valence-electron chi connectivity index (χ3n) is 2.90. The number of rotatable bonds is 3. The molecule has 1 aromatic heterocycles. The van der Waals surface area contributed by atoms with Gasteiger partial charge in [-0.15, -0.1) is 6.58 Å². The second-order valence-electron chi connectivity index (χ2n) is 4.30. The van der Waals surface area contributed by atoms with E-state index in [0.29, 0.717) is 18.9 Å². The molecule has 0 aliphatic carbocycles. The molecule has 0 spiro atoms. The first kappa shape index (κ1) is 10.9. The molecule has 1 aliphatic heterocycles. The molecule has 0 aromatic carbocycles. The first-order valence-corrected chi connectivity index (χ1v) is 5.51. The van der Waals surface area contributed by atoms with E-state index in [4.69, 9.17) is 0 Å². The van der Waals surface area contributed by atoms with Crippen LogP contribution in [0.4, 0.5) is 0 Å². The lowest BCUT2D eigenvalue weighted by molar-refractivity contribution is -0.128. The SMILES string of the molecule is C=CC1CC(=O)N(Cc2ccc(C)cn2)C1. The molecular weight excluding hydrogens is 200 g/mol. The normalized spacial score (nSPS) is 20.2. The fourth-order valence-electron chi connectivity index (χ4n) is 1.90. The van der Waals surface area contributed by atoms with Gasteiger partial charge in [-0.25, -0.2) is 0 Å². The molecule has 0 radical (unpaired) electrons. The minimum absolute atomic E-state index is 0.201. The van der Waals surface area contributed by atoms with Crippen LogP contribution in [0, 0.1) is 12.8 Å². The van der Waals surface area contributed by atoms with Crippen molar-refractivity contribution in [3.63, 3.8) is 0 Å². The molecule has 0 bridgehead atoms. The number of likely N-dealkylation sites (tertiary alicyclic amines) is 1. The van der Waals surface area contributed by atoms with Crippen molar-refractivity contribution in [1.82, 2.24) is 9.88 Å². The van der Waals surface area contributed by atoms with E-state index in [2.05, 4.69) is 11.6 Å². The Balaban J connectivity index is 2.02. The molecule has 0 saturated carbocycles. The minimum Gasteiger partial charge on any atom is -0.336 e. The van der Waals surface area contributed by atoms with Crippen LogP contribution < -0.4 is 0 Å². The lowest BCUT2D eigenvalue weighted by Crippen LogP contribution is -2.24. The fraction of sp³-hybridized carbons (Fsp3) is 0.385. The largest absolute Gasteiger partial charge is 0.336 e. The number of carbonyl (C=O) groups is 1.